The summed E-state index contributed by atoms with van der Waals surface area (Å²) in [7, 11) is 0. The number of hydrogen-bond donors (Lipinski definition) is 0. The molecule has 0 fully saturated rings. The van der Waals surface area contributed by atoms with Gasteiger partial charge < -0.3 is 4.74 Å². The van der Waals surface area contributed by atoms with E-state index in [-0.39, 0.29) is 11.5 Å². The Balaban J connectivity index is 3.08. The molecule has 0 radical (unpaired) electrons. The first kappa shape index (κ1) is 13.6. The lowest BCUT2D eigenvalue weighted by atomic mass is 10.1. The van der Waals surface area contributed by atoms with E-state index in [0.29, 0.717) is 10.0 Å². The van der Waals surface area contributed by atoms with Crippen LogP contribution in [0.3, 0.4) is 0 Å². The number of hydrogen-bond acceptors (Lipinski definition) is 2. The summed E-state index contributed by atoms with van der Waals surface area (Å²) < 4.78 is 28.8. The monoisotopic (exact) mass is 356 g/mol. The van der Waals surface area contributed by atoms with Gasteiger partial charge in [-0.2, -0.15) is 8.78 Å². The molecular weight excluding hydrogens is 350 g/mol. The molecule has 0 N–H and O–H groups in total. The average molecular weight is 358 g/mol. The topological polar surface area (TPSA) is 26.3 Å². The molecule has 0 spiro atoms. The van der Waals surface area contributed by atoms with Crippen LogP contribution in [0.15, 0.2) is 22.7 Å². The lowest BCUT2D eigenvalue weighted by Gasteiger charge is -2.13. The Morgan fingerprint density at radius 3 is 2.56 bits per heavy atom. The second-order valence-electron chi connectivity index (χ2n) is 3.01. The molecule has 0 aliphatic rings. The van der Waals surface area contributed by atoms with Gasteiger partial charge in [-0.1, -0.05) is 28.1 Å². The van der Waals surface area contributed by atoms with Gasteiger partial charge in [0.15, 0.2) is 0 Å². The van der Waals surface area contributed by atoms with Crippen molar-refractivity contribution in [3.8, 4) is 5.75 Å². The van der Waals surface area contributed by atoms with E-state index < -0.39 is 11.4 Å². The summed E-state index contributed by atoms with van der Waals surface area (Å²) in [5.74, 6) is -0.104. The van der Waals surface area contributed by atoms with E-state index in [1.807, 2.05) is 0 Å². The predicted molar refractivity (Wildman–Crippen MR) is 63.1 cm³/mol. The van der Waals surface area contributed by atoms with Gasteiger partial charge in [-0.3, -0.25) is 4.79 Å². The van der Waals surface area contributed by atoms with Crippen molar-refractivity contribution in [2.45, 2.75) is 18.4 Å². The Kier molecular flexibility index (Phi) is 4.86. The van der Waals surface area contributed by atoms with E-state index in [1.165, 1.54) is 13.0 Å². The fourth-order valence-electron chi connectivity index (χ4n) is 1.13. The van der Waals surface area contributed by atoms with Gasteiger partial charge in [0.05, 0.1) is 9.30 Å². The van der Waals surface area contributed by atoms with Crippen LogP contribution in [0.25, 0.3) is 0 Å². The number of rotatable bonds is 4. The molecule has 6 heteroatoms. The number of ketones is 1. The van der Waals surface area contributed by atoms with Crippen molar-refractivity contribution in [3.63, 3.8) is 0 Å². The zero-order valence-electron chi connectivity index (χ0n) is 8.22. The fraction of sp³-hybridized carbons (Fsp3) is 0.300. The van der Waals surface area contributed by atoms with E-state index in [0.717, 1.165) is 0 Å². The van der Waals surface area contributed by atoms with Crippen LogP contribution in [0.5, 0.6) is 5.75 Å². The smallest absolute Gasteiger partial charge is 0.387 e. The van der Waals surface area contributed by atoms with Gasteiger partial charge in [0.25, 0.3) is 0 Å². The van der Waals surface area contributed by atoms with Crippen molar-refractivity contribution in [2.75, 3.05) is 0 Å². The lowest BCUT2D eigenvalue weighted by Crippen LogP contribution is -2.06. The number of halogens is 4. The minimum absolute atomic E-state index is 0.0122. The quantitative estimate of drug-likeness (QED) is 0.759. The third-order valence-corrected chi connectivity index (χ3v) is 3.83. The molecule has 1 rings (SSSR count). The molecule has 16 heavy (non-hydrogen) atoms. The van der Waals surface area contributed by atoms with Crippen LogP contribution < -0.4 is 4.74 Å². The number of ether oxygens (including phenoxy) is 1. The number of alkyl halides is 3. The Labute approximate surface area is 108 Å². The maximum atomic E-state index is 12.1. The zero-order valence-corrected chi connectivity index (χ0v) is 11.4. The van der Waals surface area contributed by atoms with Crippen LogP contribution >= 0.6 is 31.9 Å². The summed E-state index contributed by atoms with van der Waals surface area (Å²) in [6.07, 6.45) is 0. The van der Waals surface area contributed by atoms with Gasteiger partial charge >= 0.3 is 6.61 Å². The highest BCUT2D eigenvalue weighted by Crippen LogP contribution is 2.36. The average Bonchev–Trinajstić information content (AvgIpc) is 2.19. The number of carbonyl (C=O) groups excluding carboxylic acids is 1. The molecule has 1 unspecified atom stereocenters. The summed E-state index contributed by atoms with van der Waals surface area (Å²) >= 11 is 6.32. The fourth-order valence-corrected chi connectivity index (χ4v) is 2.40. The molecule has 0 saturated heterocycles. The molecule has 0 aromatic heterocycles. The largest absolute Gasteiger partial charge is 0.434 e. The molecule has 1 atom stereocenters. The second-order valence-corrected chi connectivity index (χ2v) is 4.72. The minimum atomic E-state index is -2.89. The normalized spacial score (nSPS) is 12.6. The van der Waals surface area contributed by atoms with Crippen LogP contribution in [-0.2, 0) is 4.79 Å². The highest BCUT2D eigenvalue weighted by molar-refractivity contribution is 9.11. The summed E-state index contributed by atoms with van der Waals surface area (Å²) in [4.78, 5) is 10.6. The highest BCUT2D eigenvalue weighted by atomic mass is 79.9. The van der Waals surface area contributed by atoms with E-state index in [2.05, 4.69) is 36.6 Å². The molecule has 0 aliphatic heterocycles. The molecule has 0 heterocycles. The molecule has 0 amide bonds. The van der Waals surface area contributed by atoms with Crippen LogP contribution in [0.4, 0.5) is 8.78 Å². The first-order valence-electron chi connectivity index (χ1n) is 4.31. The predicted octanol–water partition coefficient (Wildman–Crippen LogP) is 4.08. The SMILES string of the molecule is CC(=O)C(Br)c1cccc(OC(F)F)c1Br. The first-order chi connectivity index (χ1) is 7.43. The number of carbonyl (C=O) groups is 1. The van der Waals surface area contributed by atoms with Gasteiger partial charge in [-0.25, -0.2) is 0 Å². The standard InChI is InChI=1S/C10H8Br2F2O2/c1-5(15)8(11)6-3-2-4-7(9(6)12)16-10(13)14/h2-4,8,10H,1H3. The van der Waals surface area contributed by atoms with Crippen LogP contribution in [-0.4, -0.2) is 12.4 Å². The van der Waals surface area contributed by atoms with Gasteiger partial charge in [0, 0.05) is 0 Å². The molecule has 0 bridgehead atoms. The molecule has 0 saturated carbocycles. The van der Waals surface area contributed by atoms with Crippen molar-refractivity contribution >= 4 is 37.6 Å². The van der Waals surface area contributed by atoms with E-state index in [1.54, 1.807) is 12.1 Å². The van der Waals surface area contributed by atoms with Gasteiger partial charge in [-0.05, 0) is 34.5 Å². The lowest BCUT2D eigenvalue weighted by molar-refractivity contribution is -0.116. The van der Waals surface area contributed by atoms with Crippen LogP contribution in [0.2, 0.25) is 0 Å². The maximum Gasteiger partial charge on any atom is 0.387 e. The number of Topliss-reactive ketones (excluding diaryl/α,β-unsaturated/α-hetero) is 1. The summed E-state index contributed by atoms with van der Waals surface area (Å²) in [6.45, 7) is -1.48. The molecule has 0 aliphatic carbocycles. The summed E-state index contributed by atoms with van der Waals surface area (Å²) in [6, 6.07) is 4.61. The van der Waals surface area contributed by atoms with Crippen molar-refractivity contribution in [1.82, 2.24) is 0 Å². The van der Waals surface area contributed by atoms with Crippen molar-refractivity contribution in [1.29, 1.82) is 0 Å². The Morgan fingerprint density at radius 2 is 2.06 bits per heavy atom. The van der Waals surface area contributed by atoms with E-state index in [9.17, 15) is 13.6 Å². The summed E-state index contributed by atoms with van der Waals surface area (Å²) in [5, 5.41) is 0. The Hall–Kier alpha value is -0.490. The molecule has 88 valence electrons. The molecule has 2 nitrogen and oxygen atoms in total. The summed E-state index contributed by atoms with van der Waals surface area (Å²) in [5.41, 5.74) is 0.561. The maximum absolute atomic E-state index is 12.1. The van der Waals surface area contributed by atoms with E-state index in [4.69, 9.17) is 0 Å². The van der Waals surface area contributed by atoms with Crippen molar-refractivity contribution in [2.24, 2.45) is 0 Å². The molecular formula is C10H8Br2F2O2. The van der Waals surface area contributed by atoms with Crippen molar-refractivity contribution in [3.05, 3.63) is 28.2 Å². The minimum Gasteiger partial charge on any atom is -0.434 e. The number of benzene rings is 1. The third kappa shape index (κ3) is 3.25. The van der Waals surface area contributed by atoms with Gasteiger partial charge in [0.1, 0.15) is 11.5 Å². The Bertz CT molecular complexity index is 396. The van der Waals surface area contributed by atoms with Gasteiger partial charge in [-0.15, -0.1) is 0 Å². The highest BCUT2D eigenvalue weighted by Gasteiger charge is 2.19. The van der Waals surface area contributed by atoms with Crippen LogP contribution in [0.1, 0.15) is 17.3 Å². The first-order valence-corrected chi connectivity index (χ1v) is 6.02. The second kappa shape index (κ2) is 5.72. The molecule has 1 aromatic carbocycles. The molecule has 1 aromatic rings. The zero-order chi connectivity index (χ0) is 12.3. The van der Waals surface area contributed by atoms with Crippen LogP contribution in [0, 0.1) is 0 Å². The Morgan fingerprint density at radius 1 is 1.44 bits per heavy atom. The third-order valence-electron chi connectivity index (χ3n) is 1.84. The van der Waals surface area contributed by atoms with E-state index >= 15 is 0 Å². The van der Waals surface area contributed by atoms with Crippen molar-refractivity contribution < 1.29 is 18.3 Å². The van der Waals surface area contributed by atoms with Gasteiger partial charge in [0.2, 0.25) is 0 Å².